The van der Waals surface area contributed by atoms with Crippen molar-refractivity contribution in [2.45, 2.75) is 11.8 Å². The minimum Gasteiger partial charge on any atom is -0.355 e. The molecule has 2 heteroatoms. The number of hydrogen-bond donors (Lipinski definition) is 1. The average molecular weight is 727 g/mol. The number of fused-ring (bicyclic) bond motifs is 6. The van der Waals surface area contributed by atoms with Crippen LogP contribution in [0.2, 0.25) is 0 Å². The molecule has 0 spiro atoms. The molecule has 0 saturated heterocycles. The summed E-state index contributed by atoms with van der Waals surface area (Å²) in [6.07, 6.45) is 6.01. The molecule has 57 heavy (non-hydrogen) atoms. The molecular formula is C55H38N2. The summed E-state index contributed by atoms with van der Waals surface area (Å²) in [6.45, 7) is 0. The maximum atomic E-state index is 4.02. The van der Waals surface area contributed by atoms with Crippen molar-refractivity contribution in [3.05, 3.63) is 245 Å². The number of hydrogen-bond acceptors (Lipinski definition) is 2. The Morgan fingerprint density at radius 2 is 1.19 bits per heavy atom. The van der Waals surface area contributed by atoms with Crippen LogP contribution in [0.3, 0.4) is 0 Å². The maximum absolute atomic E-state index is 4.02. The molecule has 4 aliphatic rings. The van der Waals surface area contributed by atoms with Gasteiger partial charge in [0.1, 0.15) is 0 Å². The Kier molecular flexibility index (Phi) is 7.00. The number of rotatable bonds is 7. The summed E-state index contributed by atoms with van der Waals surface area (Å²) < 4.78 is 0. The van der Waals surface area contributed by atoms with E-state index in [2.05, 4.69) is 216 Å². The van der Waals surface area contributed by atoms with Gasteiger partial charge in [-0.3, -0.25) is 0 Å². The zero-order valence-electron chi connectivity index (χ0n) is 31.4. The molecule has 1 fully saturated rings. The SMILES string of the molecule is C1=CC2CC2=C2C3=C1c1ccccc1C3(c1ccccc1)c1cccc3c(N(c4ccccc4)c4ccc(-c5ccccc5)cc4)cc(Nc4ccccc4)c2c13. The molecule has 0 radical (unpaired) electrons. The van der Waals surface area contributed by atoms with Crippen molar-refractivity contribution in [1.82, 2.24) is 0 Å². The van der Waals surface area contributed by atoms with Crippen molar-refractivity contribution in [2.24, 2.45) is 5.92 Å². The minimum atomic E-state index is -0.485. The van der Waals surface area contributed by atoms with Crippen molar-refractivity contribution in [1.29, 1.82) is 0 Å². The lowest BCUT2D eigenvalue weighted by atomic mass is 9.59. The largest absolute Gasteiger partial charge is 0.355 e. The van der Waals surface area contributed by atoms with Crippen LogP contribution >= 0.6 is 0 Å². The maximum Gasteiger partial charge on any atom is 0.0725 e. The van der Waals surface area contributed by atoms with Crippen LogP contribution in [-0.2, 0) is 5.41 Å². The first-order valence-electron chi connectivity index (χ1n) is 20.0. The van der Waals surface area contributed by atoms with Crippen molar-refractivity contribution in [3.8, 4) is 11.1 Å². The van der Waals surface area contributed by atoms with Crippen molar-refractivity contribution in [2.75, 3.05) is 10.2 Å². The van der Waals surface area contributed by atoms with Crippen LogP contribution in [0.1, 0.15) is 34.2 Å². The highest BCUT2D eigenvalue weighted by Crippen LogP contribution is 2.68. The van der Waals surface area contributed by atoms with Gasteiger partial charge in [0.15, 0.2) is 0 Å². The summed E-state index contributed by atoms with van der Waals surface area (Å²) in [6, 6.07) is 71.2. The summed E-state index contributed by atoms with van der Waals surface area (Å²) in [5.74, 6) is 0.444. The van der Waals surface area contributed by atoms with Crippen LogP contribution in [-0.4, -0.2) is 0 Å². The first-order chi connectivity index (χ1) is 28.3. The monoisotopic (exact) mass is 726 g/mol. The fourth-order valence-electron chi connectivity index (χ4n) is 10.2. The van der Waals surface area contributed by atoms with Gasteiger partial charge < -0.3 is 10.2 Å². The van der Waals surface area contributed by atoms with E-state index < -0.39 is 5.41 Å². The third-order valence-electron chi connectivity index (χ3n) is 12.6. The zero-order chi connectivity index (χ0) is 37.5. The Balaban J connectivity index is 1.21. The topological polar surface area (TPSA) is 15.3 Å². The number of nitrogens with zero attached hydrogens (tertiary/aromatic N) is 1. The molecule has 1 saturated carbocycles. The number of benzene rings is 8. The Bertz CT molecular complexity index is 2980. The third kappa shape index (κ3) is 4.71. The Morgan fingerprint density at radius 1 is 0.561 bits per heavy atom. The molecule has 12 rings (SSSR count). The molecule has 2 atom stereocenters. The normalized spacial score (nSPS) is 18.1. The van der Waals surface area contributed by atoms with Crippen LogP contribution in [0.15, 0.2) is 217 Å². The smallest absolute Gasteiger partial charge is 0.0725 e. The van der Waals surface area contributed by atoms with Crippen molar-refractivity contribution in [3.63, 3.8) is 0 Å². The van der Waals surface area contributed by atoms with Crippen molar-refractivity contribution >= 4 is 50.4 Å². The molecule has 8 aromatic carbocycles. The van der Waals surface area contributed by atoms with E-state index in [1.807, 2.05) is 0 Å². The van der Waals surface area contributed by atoms with Crippen LogP contribution in [0, 0.1) is 5.92 Å². The summed E-state index contributed by atoms with van der Waals surface area (Å²) in [7, 11) is 0. The molecule has 0 aromatic heterocycles. The lowest BCUT2D eigenvalue weighted by Crippen LogP contribution is -2.34. The van der Waals surface area contributed by atoms with E-state index in [0.717, 1.165) is 34.9 Å². The van der Waals surface area contributed by atoms with Gasteiger partial charge in [-0.25, -0.2) is 0 Å². The number of allylic oxidation sites excluding steroid dienone is 6. The predicted molar refractivity (Wildman–Crippen MR) is 238 cm³/mol. The van der Waals surface area contributed by atoms with E-state index in [-0.39, 0.29) is 0 Å². The second-order valence-electron chi connectivity index (χ2n) is 15.6. The third-order valence-corrected chi connectivity index (χ3v) is 12.6. The van der Waals surface area contributed by atoms with E-state index in [1.165, 1.54) is 66.4 Å². The summed E-state index contributed by atoms with van der Waals surface area (Å²) in [4.78, 5) is 2.45. The molecular weight excluding hydrogens is 689 g/mol. The number of anilines is 5. The van der Waals surface area contributed by atoms with Crippen LogP contribution in [0.4, 0.5) is 28.4 Å². The van der Waals surface area contributed by atoms with Gasteiger partial charge in [0, 0.05) is 39.6 Å². The molecule has 0 aliphatic heterocycles. The van der Waals surface area contributed by atoms with Gasteiger partial charge in [-0.05, 0) is 104 Å². The van der Waals surface area contributed by atoms with Gasteiger partial charge in [-0.1, -0.05) is 169 Å². The fourth-order valence-corrected chi connectivity index (χ4v) is 10.2. The predicted octanol–water partition coefficient (Wildman–Crippen LogP) is 14.2. The van der Waals surface area contributed by atoms with E-state index >= 15 is 0 Å². The van der Waals surface area contributed by atoms with Crippen LogP contribution in [0.25, 0.3) is 33.0 Å². The fraction of sp³-hybridized carbons (Fsp3) is 0.0545. The Morgan fingerprint density at radius 3 is 1.96 bits per heavy atom. The van der Waals surface area contributed by atoms with Gasteiger partial charge in [0.05, 0.1) is 11.1 Å². The van der Waals surface area contributed by atoms with E-state index in [9.17, 15) is 0 Å². The highest BCUT2D eigenvalue weighted by atomic mass is 15.1. The molecule has 8 aromatic rings. The van der Waals surface area contributed by atoms with E-state index in [1.54, 1.807) is 5.57 Å². The molecule has 0 bridgehead atoms. The summed E-state index contributed by atoms with van der Waals surface area (Å²) in [5.41, 5.74) is 19.9. The highest BCUT2D eigenvalue weighted by Gasteiger charge is 2.55. The molecule has 1 N–H and O–H groups in total. The quantitative estimate of drug-likeness (QED) is 0.176. The van der Waals surface area contributed by atoms with Gasteiger partial charge in [-0.2, -0.15) is 0 Å². The Hall–Kier alpha value is -7.16. The molecule has 0 heterocycles. The number of para-hydroxylation sites is 2. The van der Waals surface area contributed by atoms with Gasteiger partial charge in [0.25, 0.3) is 0 Å². The Labute approximate surface area is 333 Å². The standard InChI is InChI=1S/C55H38N2/c1-5-16-36(17-6-1)37-28-31-42(32-29-37)57(41-22-11-4-12-23-41)50-35-49(56-40-20-9-3-10-21-40)53-51-45(50)25-15-27-48(51)55(39-18-7-2-8-19-39)47-26-14-13-24-43(47)44-33-30-38-34-46(38)52(53)54(44)55/h1-33,35,38,56H,34H2. The van der Waals surface area contributed by atoms with E-state index in [4.69, 9.17) is 0 Å². The lowest BCUT2D eigenvalue weighted by molar-refractivity contribution is 0.767. The molecule has 2 unspecified atom stereocenters. The molecule has 4 aliphatic carbocycles. The van der Waals surface area contributed by atoms with Gasteiger partial charge in [0.2, 0.25) is 0 Å². The zero-order valence-corrected chi connectivity index (χ0v) is 31.4. The molecule has 268 valence electrons. The first kappa shape index (κ1) is 32.1. The first-order valence-corrected chi connectivity index (χ1v) is 20.0. The van der Waals surface area contributed by atoms with Gasteiger partial charge >= 0.3 is 0 Å². The second kappa shape index (κ2) is 12.4. The minimum absolute atomic E-state index is 0.444. The molecule has 2 nitrogen and oxygen atoms in total. The lowest BCUT2D eigenvalue weighted by Gasteiger charge is -2.43. The van der Waals surface area contributed by atoms with Crippen molar-refractivity contribution < 1.29 is 0 Å². The van der Waals surface area contributed by atoms with Gasteiger partial charge in [-0.15, -0.1) is 0 Å². The van der Waals surface area contributed by atoms with Crippen LogP contribution < -0.4 is 10.2 Å². The summed E-state index contributed by atoms with van der Waals surface area (Å²) >= 11 is 0. The van der Waals surface area contributed by atoms with Crippen LogP contribution in [0.5, 0.6) is 0 Å². The van der Waals surface area contributed by atoms with E-state index in [0.29, 0.717) is 5.92 Å². The number of nitrogens with one attached hydrogen (secondary N) is 1. The molecule has 0 amide bonds. The average Bonchev–Trinajstić information content (AvgIpc) is 4.02. The highest BCUT2D eigenvalue weighted by molar-refractivity contribution is 6.20. The summed E-state index contributed by atoms with van der Waals surface area (Å²) in [5, 5.41) is 6.57. The second-order valence-corrected chi connectivity index (χ2v) is 15.6.